The number of benzene rings is 1. The summed E-state index contributed by atoms with van der Waals surface area (Å²) in [5, 5.41) is 6.28. The van der Waals surface area contributed by atoms with Crippen molar-refractivity contribution in [2.24, 2.45) is 11.8 Å². The Hall–Kier alpha value is -3.91. The third-order valence-corrected chi connectivity index (χ3v) is 8.18. The summed E-state index contributed by atoms with van der Waals surface area (Å²) in [6, 6.07) is 7.50. The molecule has 2 fully saturated rings. The van der Waals surface area contributed by atoms with Crippen LogP contribution in [0.4, 0.5) is 5.69 Å². The minimum absolute atomic E-state index is 0.00480. The number of halogens is 1. The Morgan fingerprint density at radius 1 is 1.24 bits per heavy atom. The fourth-order valence-electron chi connectivity index (χ4n) is 5.50. The highest BCUT2D eigenvalue weighted by atomic mass is 79.9. The smallest absolute Gasteiger partial charge is 0.241 e. The molecule has 4 aromatic rings. The van der Waals surface area contributed by atoms with Gasteiger partial charge in [0.15, 0.2) is 5.65 Å². The average molecular weight is 573 g/mol. The number of likely N-dealkylation sites (N-methyl/N-ethyl adjacent to an activating group) is 1. The van der Waals surface area contributed by atoms with Crippen molar-refractivity contribution in [3.05, 3.63) is 58.5 Å². The summed E-state index contributed by atoms with van der Waals surface area (Å²) >= 11 is 3.53. The molecule has 1 aliphatic carbocycles. The predicted octanol–water partition coefficient (Wildman–Crippen LogP) is 3.94. The van der Waals surface area contributed by atoms with E-state index in [1.807, 2.05) is 18.2 Å². The Balaban J connectivity index is 1.24. The van der Waals surface area contributed by atoms with Crippen molar-refractivity contribution in [1.82, 2.24) is 34.5 Å². The summed E-state index contributed by atoms with van der Waals surface area (Å²) in [6.45, 7) is 8.98. The zero-order chi connectivity index (χ0) is 26.4. The lowest BCUT2D eigenvalue weighted by Crippen LogP contribution is -2.51. The second-order valence-corrected chi connectivity index (χ2v) is 10.8. The van der Waals surface area contributed by atoms with Crippen molar-refractivity contribution in [2.45, 2.75) is 25.7 Å². The monoisotopic (exact) mass is 572 g/mol. The number of piperazine rings is 1. The van der Waals surface area contributed by atoms with E-state index in [4.69, 9.17) is 11.6 Å². The van der Waals surface area contributed by atoms with Gasteiger partial charge in [0.25, 0.3) is 0 Å². The number of hydrogen-bond donors (Lipinski definition) is 0. The second kappa shape index (κ2) is 9.76. The molecule has 2 aliphatic rings. The van der Waals surface area contributed by atoms with Crippen LogP contribution in [-0.2, 0) is 16.0 Å². The molecule has 1 aromatic carbocycles. The van der Waals surface area contributed by atoms with Crippen molar-refractivity contribution in [3.8, 4) is 5.69 Å². The molecule has 0 unspecified atom stereocenters. The Morgan fingerprint density at radius 2 is 2.11 bits per heavy atom. The van der Waals surface area contributed by atoms with Gasteiger partial charge in [-0.15, -0.1) is 0 Å². The molecule has 10 nitrogen and oxygen atoms in total. The van der Waals surface area contributed by atoms with Gasteiger partial charge >= 0.3 is 0 Å². The molecule has 0 spiro atoms. The number of aromatic nitrogens is 5. The molecule has 3 aromatic heterocycles. The van der Waals surface area contributed by atoms with Crippen molar-refractivity contribution >= 4 is 55.4 Å². The molecular formula is C27H25BrN8O2. The maximum atomic E-state index is 13.1. The molecule has 6 rings (SSSR count). The summed E-state index contributed by atoms with van der Waals surface area (Å²) in [5.74, 6) is 1.03. The minimum atomic E-state index is -0.0575. The van der Waals surface area contributed by atoms with Crippen LogP contribution in [0.15, 0.2) is 41.3 Å². The standard InChI is InChI=1S/C27H25BrN8O2/c1-29-21-13-19(12-17-4-3-7-30-24(17)21)36-26-20(25(28)33-36)14-31-22(32-26)11-16-5-6-18(10-16)27(38)35-9-8-34(2)23(37)15-35/h3-4,7,12-14,16,18H,5-6,8-11,15H2,2H3/t16-,18-/m1/s1. The van der Waals surface area contributed by atoms with E-state index in [9.17, 15) is 9.59 Å². The van der Waals surface area contributed by atoms with Gasteiger partial charge < -0.3 is 9.80 Å². The third kappa shape index (κ3) is 4.39. The fourth-order valence-corrected chi connectivity index (χ4v) is 5.93. The fraction of sp³-hybridized carbons (Fsp3) is 0.370. The first kappa shape index (κ1) is 24.4. The van der Waals surface area contributed by atoms with Gasteiger partial charge in [0.2, 0.25) is 17.5 Å². The summed E-state index contributed by atoms with van der Waals surface area (Å²) in [6.07, 6.45) is 6.64. The molecule has 1 saturated carbocycles. The highest BCUT2D eigenvalue weighted by Gasteiger charge is 2.35. The first-order chi connectivity index (χ1) is 18.4. The van der Waals surface area contributed by atoms with E-state index >= 15 is 0 Å². The normalized spacial score (nSPS) is 19.9. The summed E-state index contributed by atoms with van der Waals surface area (Å²) < 4.78 is 2.36. The summed E-state index contributed by atoms with van der Waals surface area (Å²) in [5.41, 5.74) is 2.49. The van der Waals surface area contributed by atoms with Gasteiger partial charge in [-0.1, -0.05) is 6.07 Å². The number of carbonyl (C=O) groups excluding carboxylic acids is 2. The predicted molar refractivity (Wildman–Crippen MR) is 145 cm³/mol. The maximum absolute atomic E-state index is 13.1. The zero-order valence-corrected chi connectivity index (χ0v) is 22.4. The van der Waals surface area contributed by atoms with Gasteiger partial charge in [-0.05, 0) is 64.7 Å². The van der Waals surface area contributed by atoms with Gasteiger partial charge in [0.05, 0.1) is 29.7 Å². The zero-order valence-electron chi connectivity index (χ0n) is 20.8. The van der Waals surface area contributed by atoms with Gasteiger partial charge in [-0.3, -0.25) is 14.6 Å². The van der Waals surface area contributed by atoms with E-state index in [0.717, 1.165) is 35.7 Å². The SMILES string of the molecule is [C-]#[N+]c1cc(-n2nc(Br)c3cnc(C[C@@H]4CC[C@@H](C(=O)N5CCN(C)C(=O)C5)C4)nc32)cc2cccnc12. The number of carbonyl (C=O) groups is 2. The topological polar surface area (TPSA) is 101 Å². The molecule has 1 saturated heterocycles. The lowest BCUT2D eigenvalue weighted by molar-refractivity contribution is -0.146. The van der Waals surface area contributed by atoms with Gasteiger partial charge in [-0.25, -0.2) is 19.5 Å². The van der Waals surface area contributed by atoms with Crippen molar-refractivity contribution in [1.29, 1.82) is 0 Å². The molecule has 38 heavy (non-hydrogen) atoms. The molecule has 0 bridgehead atoms. The minimum Gasteiger partial charge on any atom is -0.342 e. The van der Waals surface area contributed by atoms with Crippen LogP contribution < -0.4 is 0 Å². The molecule has 2 atom stereocenters. The second-order valence-electron chi connectivity index (χ2n) is 10.0. The first-order valence-electron chi connectivity index (χ1n) is 12.6. The van der Waals surface area contributed by atoms with Crippen LogP contribution >= 0.6 is 15.9 Å². The highest BCUT2D eigenvalue weighted by molar-refractivity contribution is 9.10. The molecule has 2 amide bonds. The van der Waals surface area contributed by atoms with Crippen molar-refractivity contribution in [2.75, 3.05) is 26.7 Å². The van der Waals surface area contributed by atoms with E-state index < -0.39 is 0 Å². The molecule has 1 aliphatic heterocycles. The molecule has 192 valence electrons. The van der Waals surface area contributed by atoms with Crippen LogP contribution in [0.2, 0.25) is 0 Å². The van der Waals surface area contributed by atoms with Gasteiger partial charge in [0, 0.05) is 44.9 Å². The quantitative estimate of drug-likeness (QED) is 0.343. The van der Waals surface area contributed by atoms with Crippen molar-refractivity contribution in [3.63, 3.8) is 0 Å². The Labute approximate surface area is 227 Å². The van der Waals surface area contributed by atoms with E-state index in [1.54, 1.807) is 40.0 Å². The number of amides is 2. The number of pyridine rings is 1. The molecule has 11 heteroatoms. The van der Waals surface area contributed by atoms with Crippen LogP contribution in [0, 0.1) is 18.4 Å². The average Bonchev–Trinajstić information content (AvgIpc) is 3.53. The van der Waals surface area contributed by atoms with E-state index in [0.29, 0.717) is 52.7 Å². The number of rotatable bonds is 4. The van der Waals surface area contributed by atoms with Gasteiger partial charge in [0.1, 0.15) is 10.4 Å². The van der Waals surface area contributed by atoms with Crippen molar-refractivity contribution < 1.29 is 9.59 Å². The van der Waals surface area contributed by atoms with E-state index in [1.165, 1.54) is 0 Å². The molecule has 4 heterocycles. The largest absolute Gasteiger partial charge is 0.342 e. The lowest BCUT2D eigenvalue weighted by atomic mass is 10.00. The van der Waals surface area contributed by atoms with E-state index in [2.05, 4.69) is 35.8 Å². The summed E-state index contributed by atoms with van der Waals surface area (Å²) in [7, 11) is 1.78. The van der Waals surface area contributed by atoms with Crippen LogP contribution in [0.3, 0.4) is 0 Å². The Bertz CT molecular complexity index is 1630. The lowest BCUT2D eigenvalue weighted by Gasteiger charge is -2.33. The first-order valence-corrected chi connectivity index (χ1v) is 13.4. The Morgan fingerprint density at radius 3 is 2.92 bits per heavy atom. The maximum Gasteiger partial charge on any atom is 0.241 e. The molecule has 0 radical (unpaired) electrons. The van der Waals surface area contributed by atoms with Crippen LogP contribution in [0.25, 0.3) is 32.5 Å². The summed E-state index contributed by atoms with van der Waals surface area (Å²) in [4.78, 5) is 46.0. The number of hydrogen-bond acceptors (Lipinski definition) is 6. The van der Waals surface area contributed by atoms with E-state index in [-0.39, 0.29) is 24.3 Å². The highest BCUT2D eigenvalue weighted by Crippen LogP contribution is 2.35. The number of fused-ring (bicyclic) bond motifs is 2. The Kier molecular flexibility index (Phi) is 6.27. The van der Waals surface area contributed by atoms with Gasteiger partial charge in [-0.2, -0.15) is 5.10 Å². The third-order valence-electron chi connectivity index (χ3n) is 7.59. The molecular weight excluding hydrogens is 548 g/mol. The van der Waals surface area contributed by atoms with Crippen LogP contribution in [-0.4, -0.2) is 73.0 Å². The van der Waals surface area contributed by atoms with Crippen LogP contribution in [0.1, 0.15) is 25.1 Å². The van der Waals surface area contributed by atoms with Crippen LogP contribution in [0.5, 0.6) is 0 Å². The number of nitrogens with zero attached hydrogens (tertiary/aromatic N) is 8. The molecule has 0 N–H and O–H groups in total.